The fourth-order valence-electron chi connectivity index (χ4n) is 4.75. The number of nitrogens with zero attached hydrogens (tertiary/aromatic N) is 3. The van der Waals surface area contributed by atoms with Gasteiger partial charge in [-0.2, -0.15) is 0 Å². The van der Waals surface area contributed by atoms with Gasteiger partial charge >= 0.3 is 0 Å². The lowest BCUT2D eigenvalue weighted by Crippen LogP contribution is -2.70. The third kappa shape index (κ3) is 4.66. The molecular weight excluding hydrogens is 322 g/mol. The van der Waals surface area contributed by atoms with Crippen molar-refractivity contribution in [3.05, 3.63) is 35.9 Å². The van der Waals surface area contributed by atoms with E-state index < -0.39 is 0 Å². The van der Waals surface area contributed by atoms with Crippen LogP contribution in [0.3, 0.4) is 0 Å². The molecular formula is C22H35N3O. The maximum Gasteiger partial charge on any atom is 0.222 e. The van der Waals surface area contributed by atoms with E-state index in [1.807, 2.05) is 18.2 Å². The van der Waals surface area contributed by atoms with Crippen LogP contribution in [0.4, 0.5) is 0 Å². The fraction of sp³-hybridized carbons (Fsp3) is 0.682. The molecule has 1 atom stereocenters. The molecule has 144 valence electrons. The molecule has 3 rings (SSSR count). The number of piperazine rings is 2. The van der Waals surface area contributed by atoms with Crippen LogP contribution in [0.5, 0.6) is 0 Å². The summed E-state index contributed by atoms with van der Waals surface area (Å²) in [5.41, 5.74) is 1.44. The molecule has 1 amide bonds. The van der Waals surface area contributed by atoms with Gasteiger partial charge in [0.2, 0.25) is 5.91 Å². The second kappa shape index (κ2) is 8.10. The van der Waals surface area contributed by atoms with Crippen LogP contribution in [-0.2, 0) is 11.2 Å². The van der Waals surface area contributed by atoms with Gasteiger partial charge in [0.05, 0.1) is 0 Å². The lowest BCUT2D eigenvalue weighted by molar-refractivity contribution is -0.139. The van der Waals surface area contributed by atoms with Crippen LogP contribution in [0.2, 0.25) is 0 Å². The SMILES string of the molecule is CC(C)CN1CC2CN(C(=O)CCc3ccccc3)CCN2C(C)(C)C1. The molecule has 2 fully saturated rings. The first-order valence-electron chi connectivity index (χ1n) is 10.2. The lowest BCUT2D eigenvalue weighted by Gasteiger charge is -2.56. The minimum atomic E-state index is 0.191. The van der Waals surface area contributed by atoms with E-state index in [0.29, 0.717) is 24.3 Å². The van der Waals surface area contributed by atoms with Gasteiger partial charge in [-0.25, -0.2) is 0 Å². The summed E-state index contributed by atoms with van der Waals surface area (Å²) in [6.07, 6.45) is 1.46. The Morgan fingerprint density at radius 2 is 1.88 bits per heavy atom. The smallest absolute Gasteiger partial charge is 0.222 e. The Balaban J connectivity index is 1.58. The minimum Gasteiger partial charge on any atom is -0.340 e. The maximum atomic E-state index is 12.8. The molecule has 26 heavy (non-hydrogen) atoms. The van der Waals surface area contributed by atoms with E-state index in [1.165, 1.54) is 5.56 Å². The number of hydrogen-bond acceptors (Lipinski definition) is 3. The average molecular weight is 358 g/mol. The average Bonchev–Trinajstić information content (AvgIpc) is 2.59. The standard InChI is InChI=1S/C22H35N3O/c1-18(2)14-23-15-20-16-24(12-13-25(20)22(3,4)17-23)21(26)11-10-19-8-6-5-7-9-19/h5-9,18,20H,10-17H2,1-4H3. The summed E-state index contributed by atoms with van der Waals surface area (Å²) >= 11 is 0. The Labute approximate surface area is 159 Å². The summed E-state index contributed by atoms with van der Waals surface area (Å²) in [6.45, 7) is 15.4. The van der Waals surface area contributed by atoms with E-state index in [2.05, 4.69) is 54.5 Å². The van der Waals surface area contributed by atoms with Crippen LogP contribution < -0.4 is 0 Å². The Kier molecular flexibility index (Phi) is 6.03. The normalized spacial score (nSPS) is 23.9. The molecule has 1 aromatic rings. The lowest BCUT2D eigenvalue weighted by atomic mass is 9.92. The Morgan fingerprint density at radius 1 is 1.15 bits per heavy atom. The van der Waals surface area contributed by atoms with Gasteiger partial charge in [-0.1, -0.05) is 44.2 Å². The van der Waals surface area contributed by atoms with Gasteiger partial charge in [-0.05, 0) is 31.7 Å². The molecule has 2 saturated heterocycles. The van der Waals surface area contributed by atoms with Crippen molar-refractivity contribution in [1.82, 2.24) is 14.7 Å². The maximum absolute atomic E-state index is 12.8. The predicted molar refractivity (Wildman–Crippen MR) is 107 cm³/mol. The predicted octanol–water partition coefficient (Wildman–Crippen LogP) is 2.88. The number of aryl methyl sites for hydroxylation is 1. The number of rotatable bonds is 5. The molecule has 4 nitrogen and oxygen atoms in total. The van der Waals surface area contributed by atoms with Crippen LogP contribution >= 0.6 is 0 Å². The Bertz CT molecular complexity index is 599. The fourth-order valence-corrected chi connectivity index (χ4v) is 4.75. The third-order valence-electron chi connectivity index (χ3n) is 5.79. The molecule has 0 N–H and O–H groups in total. The van der Waals surface area contributed by atoms with Crippen LogP contribution in [-0.4, -0.2) is 71.5 Å². The summed E-state index contributed by atoms with van der Waals surface area (Å²) in [5.74, 6) is 0.997. The molecule has 1 unspecified atom stereocenters. The van der Waals surface area contributed by atoms with Gasteiger partial charge in [0.1, 0.15) is 0 Å². The van der Waals surface area contributed by atoms with Crippen molar-refractivity contribution < 1.29 is 4.79 Å². The molecule has 0 saturated carbocycles. The molecule has 0 bridgehead atoms. The second-order valence-corrected chi connectivity index (χ2v) is 9.07. The van der Waals surface area contributed by atoms with Crippen LogP contribution in [0, 0.1) is 5.92 Å². The summed E-state index contributed by atoms with van der Waals surface area (Å²) in [7, 11) is 0. The highest BCUT2D eigenvalue weighted by atomic mass is 16.2. The van der Waals surface area contributed by atoms with Gasteiger partial charge in [0.25, 0.3) is 0 Å². The number of amides is 1. The van der Waals surface area contributed by atoms with E-state index >= 15 is 0 Å². The zero-order chi connectivity index (χ0) is 18.7. The zero-order valence-corrected chi connectivity index (χ0v) is 16.9. The van der Waals surface area contributed by atoms with Gasteiger partial charge in [0.15, 0.2) is 0 Å². The Morgan fingerprint density at radius 3 is 2.58 bits per heavy atom. The molecule has 2 aliphatic heterocycles. The van der Waals surface area contributed by atoms with Crippen LogP contribution in [0.25, 0.3) is 0 Å². The number of benzene rings is 1. The molecule has 2 aliphatic rings. The van der Waals surface area contributed by atoms with Gasteiger partial charge in [0, 0.05) is 57.3 Å². The van der Waals surface area contributed by atoms with E-state index in [-0.39, 0.29) is 5.54 Å². The number of hydrogen-bond donors (Lipinski definition) is 0. The molecule has 0 spiro atoms. The highest BCUT2D eigenvalue weighted by Crippen LogP contribution is 2.28. The van der Waals surface area contributed by atoms with E-state index in [1.54, 1.807) is 0 Å². The minimum absolute atomic E-state index is 0.191. The van der Waals surface area contributed by atoms with Crippen LogP contribution in [0.15, 0.2) is 30.3 Å². The van der Waals surface area contributed by atoms with Crippen molar-refractivity contribution in [3.63, 3.8) is 0 Å². The second-order valence-electron chi connectivity index (χ2n) is 9.07. The van der Waals surface area contributed by atoms with Crippen LogP contribution in [0.1, 0.15) is 39.7 Å². The van der Waals surface area contributed by atoms with Crippen molar-refractivity contribution in [3.8, 4) is 0 Å². The van der Waals surface area contributed by atoms with E-state index in [4.69, 9.17) is 0 Å². The molecule has 4 heteroatoms. The first-order chi connectivity index (χ1) is 12.3. The molecule has 0 aromatic heterocycles. The van der Waals surface area contributed by atoms with Crippen molar-refractivity contribution >= 4 is 5.91 Å². The van der Waals surface area contributed by atoms with Gasteiger partial charge in [-0.15, -0.1) is 0 Å². The first kappa shape index (κ1) is 19.4. The number of carbonyl (C=O) groups is 1. The summed E-state index contributed by atoms with van der Waals surface area (Å²) in [5, 5.41) is 0. The number of carbonyl (C=O) groups excluding carboxylic acids is 1. The quantitative estimate of drug-likeness (QED) is 0.811. The summed E-state index contributed by atoms with van der Waals surface area (Å²) in [6, 6.07) is 10.8. The van der Waals surface area contributed by atoms with Gasteiger partial charge < -0.3 is 4.90 Å². The molecule has 2 heterocycles. The molecule has 0 radical (unpaired) electrons. The van der Waals surface area contributed by atoms with Crippen molar-refractivity contribution in [1.29, 1.82) is 0 Å². The molecule has 0 aliphatic carbocycles. The largest absolute Gasteiger partial charge is 0.340 e. The van der Waals surface area contributed by atoms with Crippen molar-refractivity contribution in [2.75, 3.05) is 39.3 Å². The zero-order valence-electron chi connectivity index (χ0n) is 16.9. The van der Waals surface area contributed by atoms with E-state index in [9.17, 15) is 4.79 Å². The monoisotopic (exact) mass is 357 g/mol. The third-order valence-corrected chi connectivity index (χ3v) is 5.79. The number of fused-ring (bicyclic) bond motifs is 1. The molecule has 1 aromatic carbocycles. The highest BCUT2D eigenvalue weighted by molar-refractivity contribution is 5.76. The topological polar surface area (TPSA) is 26.8 Å². The Hall–Kier alpha value is -1.39. The van der Waals surface area contributed by atoms with Crippen molar-refractivity contribution in [2.45, 2.75) is 52.1 Å². The van der Waals surface area contributed by atoms with E-state index in [0.717, 1.165) is 45.7 Å². The highest BCUT2D eigenvalue weighted by Gasteiger charge is 2.43. The van der Waals surface area contributed by atoms with Crippen molar-refractivity contribution in [2.24, 2.45) is 5.92 Å². The van der Waals surface area contributed by atoms with Gasteiger partial charge in [-0.3, -0.25) is 14.6 Å². The summed E-state index contributed by atoms with van der Waals surface area (Å²) in [4.78, 5) is 20.1. The first-order valence-corrected chi connectivity index (χ1v) is 10.2. The summed E-state index contributed by atoms with van der Waals surface area (Å²) < 4.78 is 0.